The topological polar surface area (TPSA) is 0 Å². The van der Waals surface area contributed by atoms with E-state index in [0.29, 0.717) is 0 Å². The van der Waals surface area contributed by atoms with Gasteiger partial charge in [0.15, 0.2) is 0 Å². The van der Waals surface area contributed by atoms with Crippen molar-refractivity contribution in [2.75, 3.05) is 0 Å². The summed E-state index contributed by atoms with van der Waals surface area (Å²) in [7, 11) is 0. The summed E-state index contributed by atoms with van der Waals surface area (Å²) in [5.41, 5.74) is 0. The highest BCUT2D eigenvalue weighted by Gasteiger charge is 2.40. The van der Waals surface area contributed by atoms with E-state index in [1.165, 1.54) is 11.8 Å². The van der Waals surface area contributed by atoms with Crippen LogP contribution in [0.5, 0.6) is 0 Å². The van der Waals surface area contributed by atoms with E-state index in [1.807, 2.05) is 0 Å². The molecule has 0 heterocycles. The Morgan fingerprint density at radius 3 is 1.55 bits per heavy atom. The molecule has 3 saturated carbocycles. The van der Waals surface area contributed by atoms with Crippen LogP contribution in [-0.2, 0) is 0 Å². The summed E-state index contributed by atoms with van der Waals surface area (Å²) < 4.78 is 0. The summed E-state index contributed by atoms with van der Waals surface area (Å²) in [6, 6.07) is 0. The summed E-state index contributed by atoms with van der Waals surface area (Å²) >= 11 is 0. The lowest BCUT2D eigenvalue weighted by molar-refractivity contribution is 0.131. The molecule has 0 aromatic heterocycles. The van der Waals surface area contributed by atoms with Crippen molar-refractivity contribution in [3.8, 4) is 0 Å². The lowest BCUT2D eigenvalue weighted by atomic mass is 9.68. The van der Waals surface area contributed by atoms with Gasteiger partial charge in [0.05, 0.1) is 0 Å². The Kier molecular flexibility index (Phi) is 1.33. The second kappa shape index (κ2) is 2.24. The molecule has 4 atom stereocenters. The number of hydrogen-bond acceptors (Lipinski definition) is 0. The van der Waals surface area contributed by atoms with Crippen LogP contribution in [-0.4, -0.2) is 0 Å². The Morgan fingerprint density at radius 1 is 0.545 bits per heavy atom. The van der Waals surface area contributed by atoms with Gasteiger partial charge in [0.1, 0.15) is 0 Å². The average molecular weight is 150 g/mol. The third-order valence-corrected chi connectivity index (χ3v) is 4.50. The Bertz CT molecular complexity index is 143. The average Bonchev–Trinajstić information content (AvgIpc) is 2.37. The molecule has 0 heteroatoms. The smallest absolute Gasteiger partial charge is 0.0383 e. The van der Waals surface area contributed by atoms with E-state index in [4.69, 9.17) is 0 Å². The van der Waals surface area contributed by atoms with Gasteiger partial charge in [0.25, 0.3) is 0 Å². The normalized spacial score (nSPS) is 54.5. The lowest BCUT2D eigenvalue weighted by Crippen LogP contribution is -2.27. The number of fused-ring (bicyclic) bond motifs is 3. The van der Waals surface area contributed by atoms with Crippen LogP contribution in [0.15, 0.2) is 0 Å². The first kappa shape index (κ1) is 6.51. The first-order valence-electron chi connectivity index (χ1n) is 5.42. The van der Waals surface area contributed by atoms with E-state index in [9.17, 15) is 0 Å². The monoisotopic (exact) mass is 150 g/mol. The van der Waals surface area contributed by atoms with Crippen LogP contribution in [0.2, 0.25) is 0 Å². The van der Waals surface area contributed by atoms with Crippen LogP contribution in [0, 0.1) is 23.7 Å². The van der Waals surface area contributed by atoms with Gasteiger partial charge in [0, 0.05) is 0 Å². The molecular formula is C11H18. The Morgan fingerprint density at radius 2 is 1.09 bits per heavy atom. The van der Waals surface area contributed by atoms with E-state index in [-0.39, 0.29) is 0 Å². The second-order valence-corrected chi connectivity index (χ2v) is 5.11. The minimum absolute atomic E-state index is 1.16. The zero-order valence-corrected chi connectivity index (χ0v) is 7.26. The molecule has 0 N–H and O–H groups in total. The van der Waals surface area contributed by atoms with Gasteiger partial charge < -0.3 is 0 Å². The van der Waals surface area contributed by atoms with Gasteiger partial charge in [-0.15, -0.1) is 0 Å². The fourth-order valence-electron chi connectivity index (χ4n) is 3.72. The molecular weight excluding hydrogens is 132 g/mol. The fourth-order valence-corrected chi connectivity index (χ4v) is 3.72. The fraction of sp³-hybridized carbons (Fsp3) is 1.00. The van der Waals surface area contributed by atoms with Gasteiger partial charge in [-0.1, -0.05) is 12.8 Å². The van der Waals surface area contributed by atoms with Crippen molar-refractivity contribution < 1.29 is 0 Å². The molecule has 3 rings (SSSR count). The van der Waals surface area contributed by atoms with Crippen molar-refractivity contribution >= 4 is 0 Å². The van der Waals surface area contributed by atoms with Crippen molar-refractivity contribution in [2.24, 2.45) is 23.7 Å². The zero-order valence-electron chi connectivity index (χ0n) is 7.26. The van der Waals surface area contributed by atoms with Crippen LogP contribution < -0.4 is 0 Å². The predicted molar refractivity (Wildman–Crippen MR) is 46.3 cm³/mol. The lowest BCUT2D eigenvalue weighted by Gasteiger charge is -2.38. The molecule has 0 aliphatic heterocycles. The molecule has 0 amide bonds. The minimum Gasteiger partial charge on any atom is -0.0502 e. The Labute approximate surface area is 69.4 Å². The van der Waals surface area contributed by atoms with Crippen molar-refractivity contribution in [3.05, 3.63) is 0 Å². The third kappa shape index (κ3) is 0.947. The van der Waals surface area contributed by atoms with Gasteiger partial charge in [-0.2, -0.15) is 0 Å². The van der Waals surface area contributed by atoms with Gasteiger partial charge in [-0.3, -0.25) is 0 Å². The molecule has 0 nitrogen and oxygen atoms in total. The standard InChI is InChI=1S/C11H18/c1-2-9-5-8(1)6-10-3-4-11(10)7-9/h8-11H,1-7H2. The van der Waals surface area contributed by atoms with E-state index < -0.39 is 0 Å². The summed E-state index contributed by atoms with van der Waals surface area (Å²) in [5.74, 6) is 4.70. The first-order chi connectivity index (χ1) is 5.42. The van der Waals surface area contributed by atoms with Crippen molar-refractivity contribution in [1.29, 1.82) is 0 Å². The molecule has 3 fully saturated rings. The summed E-state index contributed by atoms with van der Waals surface area (Å²) in [6.07, 6.45) is 11.1. The predicted octanol–water partition coefficient (Wildman–Crippen LogP) is 3.22. The molecule has 0 aromatic rings. The minimum atomic E-state index is 1.16. The number of hydrogen-bond donors (Lipinski definition) is 0. The maximum Gasteiger partial charge on any atom is -0.0383 e. The summed E-state index contributed by atoms with van der Waals surface area (Å²) in [6.45, 7) is 0. The van der Waals surface area contributed by atoms with Gasteiger partial charge in [-0.05, 0) is 55.8 Å². The van der Waals surface area contributed by atoms with Crippen LogP contribution >= 0.6 is 0 Å². The molecule has 11 heavy (non-hydrogen) atoms. The van der Waals surface area contributed by atoms with Gasteiger partial charge in [-0.25, -0.2) is 0 Å². The highest BCUT2D eigenvalue weighted by atomic mass is 14.5. The molecule has 2 bridgehead atoms. The van der Waals surface area contributed by atoms with Crippen LogP contribution in [0.3, 0.4) is 0 Å². The summed E-state index contributed by atoms with van der Waals surface area (Å²) in [5, 5.41) is 0. The largest absolute Gasteiger partial charge is 0.0502 e. The quantitative estimate of drug-likeness (QED) is 0.497. The van der Waals surface area contributed by atoms with E-state index in [1.54, 1.807) is 44.9 Å². The molecule has 0 spiro atoms. The highest BCUT2D eigenvalue weighted by Crippen LogP contribution is 2.52. The molecule has 0 saturated heterocycles. The highest BCUT2D eigenvalue weighted by molar-refractivity contribution is 4.91. The van der Waals surface area contributed by atoms with Gasteiger partial charge in [0.2, 0.25) is 0 Å². The molecule has 4 unspecified atom stereocenters. The third-order valence-electron chi connectivity index (χ3n) is 4.50. The van der Waals surface area contributed by atoms with E-state index in [2.05, 4.69) is 0 Å². The van der Waals surface area contributed by atoms with Crippen LogP contribution in [0.25, 0.3) is 0 Å². The maximum absolute atomic E-state index is 1.61. The van der Waals surface area contributed by atoms with E-state index in [0.717, 1.165) is 11.8 Å². The molecule has 62 valence electrons. The van der Waals surface area contributed by atoms with Crippen LogP contribution in [0.4, 0.5) is 0 Å². The first-order valence-corrected chi connectivity index (χ1v) is 5.42. The summed E-state index contributed by atoms with van der Waals surface area (Å²) in [4.78, 5) is 0. The molecule has 0 radical (unpaired) electrons. The molecule has 3 aliphatic rings. The SMILES string of the molecule is C1CC2CC1CC1CCC1C2. The Hall–Kier alpha value is 0. The second-order valence-electron chi connectivity index (χ2n) is 5.11. The maximum atomic E-state index is 1.61. The Balaban J connectivity index is 1.78. The van der Waals surface area contributed by atoms with Crippen molar-refractivity contribution in [3.63, 3.8) is 0 Å². The van der Waals surface area contributed by atoms with Crippen molar-refractivity contribution in [1.82, 2.24) is 0 Å². The number of rotatable bonds is 0. The molecule has 0 aromatic carbocycles. The van der Waals surface area contributed by atoms with Crippen molar-refractivity contribution in [2.45, 2.75) is 44.9 Å². The zero-order chi connectivity index (χ0) is 7.26. The van der Waals surface area contributed by atoms with Gasteiger partial charge >= 0.3 is 0 Å². The van der Waals surface area contributed by atoms with Crippen LogP contribution in [0.1, 0.15) is 44.9 Å². The van der Waals surface area contributed by atoms with E-state index >= 15 is 0 Å². The molecule has 3 aliphatic carbocycles.